The van der Waals surface area contributed by atoms with Crippen molar-refractivity contribution in [3.8, 4) is 0 Å². The van der Waals surface area contributed by atoms with Gasteiger partial charge in [-0.1, -0.05) is 17.7 Å². The van der Waals surface area contributed by atoms with Crippen LogP contribution in [0.5, 0.6) is 0 Å². The molecule has 5 nitrogen and oxygen atoms in total. The normalized spacial score (nSPS) is 15.3. The maximum Gasteiger partial charge on any atom is 0.240 e. The summed E-state index contributed by atoms with van der Waals surface area (Å²) in [7, 11) is 1.58. The lowest BCUT2D eigenvalue weighted by Gasteiger charge is -2.18. The molecule has 2 rings (SSSR count). The van der Waals surface area contributed by atoms with E-state index in [9.17, 15) is 9.59 Å². The Labute approximate surface area is 131 Å². The molecule has 0 atom stereocenters. The average Bonchev–Trinajstić information content (AvgIpc) is 3.24. The lowest BCUT2D eigenvalue weighted by Crippen LogP contribution is -2.41. The first-order chi connectivity index (χ1) is 10.4. The summed E-state index contributed by atoms with van der Waals surface area (Å²) in [5, 5.41) is 5.72. The zero-order valence-electron chi connectivity index (χ0n) is 13.7. The molecule has 1 aliphatic rings. The highest BCUT2D eigenvalue weighted by Crippen LogP contribution is 2.47. The van der Waals surface area contributed by atoms with Gasteiger partial charge in [-0.25, -0.2) is 0 Å². The molecular weight excluding hydrogens is 280 g/mol. The molecule has 1 aromatic rings. The number of hydrogen-bond donors (Lipinski definition) is 2. The number of benzene rings is 1. The minimum atomic E-state index is -0.905. The van der Waals surface area contributed by atoms with Crippen molar-refractivity contribution in [1.82, 2.24) is 5.32 Å². The Bertz CT molecular complexity index is 569. The maximum absolute atomic E-state index is 12.6. The van der Waals surface area contributed by atoms with Crippen molar-refractivity contribution >= 4 is 17.5 Å². The second-order valence-corrected chi connectivity index (χ2v) is 6.06. The minimum absolute atomic E-state index is 0.204. The molecule has 0 aromatic heterocycles. The highest BCUT2D eigenvalue weighted by molar-refractivity contribution is 6.13. The van der Waals surface area contributed by atoms with Crippen LogP contribution in [0.15, 0.2) is 12.1 Å². The molecule has 0 heterocycles. The predicted octanol–water partition coefficient (Wildman–Crippen LogP) is 2.09. The molecule has 1 saturated carbocycles. The van der Waals surface area contributed by atoms with Crippen LogP contribution in [0.25, 0.3) is 0 Å². The maximum atomic E-state index is 12.6. The summed E-state index contributed by atoms with van der Waals surface area (Å²) >= 11 is 0. The number of carbonyl (C=O) groups excluding carboxylic acids is 2. The van der Waals surface area contributed by atoms with Crippen molar-refractivity contribution in [1.29, 1.82) is 0 Å². The molecular formula is C17H24N2O3. The van der Waals surface area contributed by atoms with Gasteiger partial charge in [-0.2, -0.15) is 0 Å². The van der Waals surface area contributed by atoms with Crippen LogP contribution in [0, 0.1) is 26.2 Å². The van der Waals surface area contributed by atoms with Gasteiger partial charge in [0.1, 0.15) is 5.41 Å². The van der Waals surface area contributed by atoms with Crippen molar-refractivity contribution in [2.45, 2.75) is 33.6 Å². The quantitative estimate of drug-likeness (QED) is 0.624. The van der Waals surface area contributed by atoms with Crippen LogP contribution >= 0.6 is 0 Å². The van der Waals surface area contributed by atoms with Gasteiger partial charge in [0.15, 0.2) is 0 Å². The van der Waals surface area contributed by atoms with E-state index in [1.54, 1.807) is 7.11 Å². The SMILES string of the molecule is COCCNC(=O)C1(C(=O)Nc2c(C)cc(C)cc2C)CC1. The van der Waals surface area contributed by atoms with E-state index in [2.05, 4.69) is 10.6 Å². The van der Waals surface area contributed by atoms with Crippen LogP contribution in [-0.4, -0.2) is 32.1 Å². The standard InChI is InChI=1S/C17H24N2O3/c1-11-9-12(2)14(13(3)10-11)19-16(21)17(5-6-17)15(20)18-7-8-22-4/h9-10H,5-8H2,1-4H3,(H,18,20)(H,19,21). The zero-order valence-corrected chi connectivity index (χ0v) is 13.7. The van der Waals surface area contributed by atoms with E-state index < -0.39 is 5.41 Å². The number of carbonyl (C=O) groups is 2. The van der Waals surface area contributed by atoms with E-state index in [0.717, 1.165) is 22.4 Å². The first-order valence-corrected chi connectivity index (χ1v) is 7.57. The Kier molecular flexibility index (Phi) is 4.86. The fourth-order valence-electron chi connectivity index (χ4n) is 2.73. The molecule has 22 heavy (non-hydrogen) atoms. The summed E-state index contributed by atoms with van der Waals surface area (Å²) in [4.78, 5) is 24.8. The summed E-state index contributed by atoms with van der Waals surface area (Å²) in [5.74, 6) is -0.415. The van der Waals surface area contributed by atoms with Gasteiger partial charge in [0.05, 0.1) is 6.61 Å². The molecule has 0 spiro atoms. The monoisotopic (exact) mass is 304 g/mol. The average molecular weight is 304 g/mol. The third-order valence-corrected chi connectivity index (χ3v) is 4.13. The summed E-state index contributed by atoms with van der Waals surface area (Å²) in [6.07, 6.45) is 1.20. The van der Waals surface area contributed by atoms with Crippen LogP contribution in [0.1, 0.15) is 29.5 Å². The van der Waals surface area contributed by atoms with Crippen LogP contribution in [-0.2, 0) is 14.3 Å². The number of nitrogens with one attached hydrogen (secondary N) is 2. The summed E-state index contributed by atoms with van der Waals surface area (Å²) < 4.78 is 4.91. The molecule has 1 fully saturated rings. The molecule has 0 saturated heterocycles. The molecule has 1 aliphatic carbocycles. The molecule has 5 heteroatoms. The Morgan fingerprint density at radius 1 is 1.14 bits per heavy atom. The van der Waals surface area contributed by atoms with E-state index in [1.165, 1.54) is 0 Å². The second kappa shape index (κ2) is 6.48. The number of rotatable bonds is 6. The van der Waals surface area contributed by atoms with Gasteiger partial charge in [-0.3, -0.25) is 9.59 Å². The molecule has 1 aromatic carbocycles. The number of methoxy groups -OCH3 is 1. The van der Waals surface area contributed by atoms with E-state index in [0.29, 0.717) is 26.0 Å². The highest BCUT2D eigenvalue weighted by Gasteiger charge is 2.56. The van der Waals surface area contributed by atoms with E-state index in [4.69, 9.17) is 4.74 Å². The summed E-state index contributed by atoms with van der Waals surface area (Å²) in [6, 6.07) is 4.06. The number of amides is 2. The number of aryl methyl sites for hydroxylation is 3. The fraction of sp³-hybridized carbons (Fsp3) is 0.529. The Hall–Kier alpha value is -1.88. The number of ether oxygens (including phenoxy) is 1. The lowest BCUT2D eigenvalue weighted by atomic mass is 10.0. The predicted molar refractivity (Wildman–Crippen MR) is 85.8 cm³/mol. The van der Waals surface area contributed by atoms with Crippen LogP contribution in [0.4, 0.5) is 5.69 Å². The summed E-state index contributed by atoms with van der Waals surface area (Å²) in [5.41, 5.74) is 3.10. The molecule has 0 unspecified atom stereocenters. The molecule has 120 valence electrons. The van der Waals surface area contributed by atoms with Crippen molar-refractivity contribution in [3.05, 3.63) is 28.8 Å². The van der Waals surface area contributed by atoms with Crippen molar-refractivity contribution < 1.29 is 14.3 Å². The smallest absolute Gasteiger partial charge is 0.240 e. The van der Waals surface area contributed by atoms with Crippen molar-refractivity contribution in [2.24, 2.45) is 5.41 Å². The Morgan fingerprint density at radius 3 is 2.23 bits per heavy atom. The van der Waals surface area contributed by atoms with E-state index >= 15 is 0 Å². The zero-order chi connectivity index (χ0) is 16.3. The molecule has 0 radical (unpaired) electrons. The lowest BCUT2D eigenvalue weighted by molar-refractivity contribution is -0.134. The first kappa shape index (κ1) is 16.5. The third-order valence-electron chi connectivity index (χ3n) is 4.13. The van der Waals surface area contributed by atoms with Gasteiger partial charge in [-0.05, 0) is 44.7 Å². The van der Waals surface area contributed by atoms with Gasteiger partial charge in [0, 0.05) is 19.3 Å². The van der Waals surface area contributed by atoms with Gasteiger partial charge >= 0.3 is 0 Å². The largest absolute Gasteiger partial charge is 0.383 e. The van der Waals surface area contributed by atoms with Crippen molar-refractivity contribution in [2.75, 3.05) is 25.6 Å². The van der Waals surface area contributed by atoms with Gasteiger partial charge in [0.25, 0.3) is 0 Å². The van der Waals surface area contributed by atoms with Gasteiger partial charge in [-0.15, -0.1) is 0 Å². The molecule has 0 aliphatic heterocycles. The number of hydrogen-bond acceptors (Lipinski definition) is 3. The second-order valence-electron chi connectivity index (χ2n) is 6.06. The highest BCUT2D eigenvalue weighted by atomic mass is 16.5. The van der Waals surface area contributed by atoms with Gasteiger partial charge < -0.3 is 15.4 Å². The number of anilines is 1. The van der Waals surface area contributed by atoms with Gasteiger partial charge in [0.2, 0.25) is 11.8 Å². The van der Waals surface area contributed by atoms with Crippen LogP contribution in [0.2, 0.25) is 0 Å². The van der Waals surface area contributed by atoms with E-state index in [1.807, 2.05) is 32.9 Å². The minimum Gasteiger partial charge on any atom is -0.383 e. The molecule has 0 bridgehead atoms. The van der Waals surface area contributed by atoms with Crippen LogP contribution in [0.3, 0.4) is 0 Å². The third kappa shape index (κ3) is 3.30. The van der Waals surface area contributed by atoms with E-state index in [-0.39, 0.29) is 11.8 Å². The molecule has 2 amide bonds. The van der Waals surface area contributed by atoms with Crippen LogP contribution < -0.4 is 10.6 Å². The molecule has 2 N–H and O–H groups in total. The summed E-state index contributed by atoms with van der Waals surface area (Å²) in [6.45, 7) is 6.82. The Balaban J connectivity index is 2.08. The Morgan fingerprint density at radius 2 is 1.73 bits per heavy atom. The van der Waals surface area contributed by atoms with Crippen molar-refractivity contribution in [3.63, 3.8) is 0 Å². The topological polar surface area (TPSA) is 67.4 Å². The first-order valence-electron chi connectivity index (χ1n) is 7.57. The fourth-order valence-corrected chi connectivity index (χ4v) is 2.73.